The zero-order valence-corrected chi connectivity index (χ0v) is 42.8. The lowest BCUT2D eigenvalue weighted by Crippen LogP contribution is -2.58. The van der Waals surface area contributed by atoms with Crippen LogP contribution in [0.4, 0.5) is 0 Å². The van der Waals surface area contributed by atoms with Crippen molar-refractivity contribution in [3.05, 3.63) is 35.1 Å². The molecule has 0 fully saturated rings. The van der Waals surface area contributed by atoms with E-state index in [4.69, 9.17) is 27.0 Å². The molecule has 1 aromatic heterocycles. The van der Waals surface area contributed by atoms with E-state index in [9.17, 15) is 58.5 Å². The Hall–Kier alpha value is -6.16. The fourth-order valence-corrected chi connectivity index (χ4v) is 9.22. The molecule has 3 aliphatic rings. The van der Waals surface area contributed by atoms with Crippen molar-refractivity contribution < 1.29 is 68.3 Å². The summed E-state index contributed by atoms with van der Waals surface area (Å²) in [5.41, 5.74) is 18.0. The highest BCUT2D eigenvalue weighted by Gasteiger charge is 2.40. The van der Waals surface area contributed by atoms with Crippen molar-refractivity contribution >= 4 is 75.7 Å². The number of aliphatic hydroxyl groups is 4. The second-order valence-corrected chi connectivity index (χ2v) is 18.4. The summed E-state index contributed by atoms with van der Waals surface area (Å²) in [6, 6.07) is -5.32. The van der Waals surface area contributed by atoms with Crippen LogP contribution in [0.15, 0.2) is 34.6 Å². The second-order valence-electron chi connectivity index (χ2n) is 17.4. The Morgan fingerprint density at radius 3 is 2.14 bits per heavy atom. The Labute approximate surface area is 427 Å². The lowest BCUT2D eigenvalue weighted by Gasteiger charge is -2.30. The van der Waals surface area contributed by atoms with Gasteiger partial charge in [-0.05, 0) is 43.9 Å². The quantitative estimate of drug-likeness (QED) is 0.0941. The molecule has 5 rings (SSSR count). The molecule has 2 aromatic rings. The number of primary amides is 1. The number of benzene rings is 1. The van der Waals surface area contributed by atoms with Gasteiger partial charge < -0.3 is 84.6 Å². The lowest BCUT2D eigenvalue weighted by molar-refractivity contribution is -0.135. The van der Waals surface area contributed by atoms with Crippen molar-refractivity contribution in [3.8, 4) is 5.75 Å². The largest absolute Gasteiger partial charge is 0.453 e. The van der Waals surface area contributed by atoms with Crippen LogP contribution in [-0.4, -0.2) is 160 Å². The number of thioether (sulfide) groups is 1. The summed E-state index contributed by atoms with van der Waals surface area (Å²) in [5.74, 6) is -11.3. The third-order valence-corrected chi connectivity index (χ3v) is 13.5. The molecule has 0 radical (unpaired) electrons. The first-order valence-corrected chi connectivity index (χ1v) is 25.2. The summed E-state index contributed by atoms with van der Waals surface area (Å²) in [6.45, 7) is 6.83. The Kier molecular flexibility index (Phi) is 24.7. The number of fused-ring (bicyclic) bond motifs is 4. The van der Waals surface area contributed by atoms with Gasteiger partial charge in [0.15, 0.2) is 5.76 Å². The average molecular weight is 1050 g/mol. The summed E-state index contributed by atoms with van der Waals surface area (Å²) < 4.78 is 6.36. The Bertz CT molecular complexity index is 2330. The first-order chi connectivity index (χ1) is 34.8. The van der Waals surface area contributed by atoms with Gasteiger partial charge in [0.25, 0.3) is 0 Å². The maximum atomic E-state index is 15.0. The fourth-order valence-electron chi connectivity index (χ4n) is 8.08. The van der Waals surface area contributed by atoms with E-state index in [0.29, 0.717) is 32.2 Å². The number of nitrogens with two attached hydrogens (primary N) is 3. The summed E-state index contributed by atoms with van der Waals surface area (Å²) in [7, 11) is 1.00. The number of hydrogen-bond donors (Lipinski definition) is 15. The van der Waals surface area contributed by atoms with Crippen molar-refractivity contribution in [1.82, 2.24) is 42.2 Å². The SMILES string of the molecule is CC.CCC(C)C1NC(=O)CNC(=O)C2NC(=O)C([C@@H](C)C(O)CO)NC(=O)C(N)C[C@@H](O)/C(CCCCCN)=C3/Oc4ccc5c2c([nH]c5c4)SC[C@H](NC(=O)CNC1=O)C(=O)NC(CC(N)=O)C3=O.CO. The number of aliphatic hydroxyl groups excluding tert-OH is 4. The predicted molar refractivity (Wildman–Crippen MR) is 267 cm³/mol. The average Bonchev–Trinajstić information content (AvgIpc) is 3.73. The molecular weight excluding hydrogens is 975 g/mol. The molecule has 0 spiro atoms. The van der Waals surface area contributed by atoms with Crippen LogP contribution < -0.4 is 59.2 Å². The van der Waals surface area contributed by atoms with E-state index in [1.807, 2.05) is 13.8 Å². The van der Waals surface area contributed by atoms with Gasteiger partial charge in [-0.1, -0.05) is 47.5 Å². The monoisotopic (exact) mass is 1050 g/mol. The summed E-state index contributed by atoms with van der Waals surface area (Å²) in [4.78, 5) is 129. The zero-order chi connectivity index (χ0) is 54.7. The van der Waals surface area contributed by atoms with E-state index in [1.54, 1.807) is 13.8 Å². The standard InChI is InChI=1S/C44H63N11O13S.C2H6.CH4O/c1-4-19(2)34-41(65)48-15-31(60)50-27-18-69-44-33-22-10-9-21(12-25(22)52-44)68-38(37(62)26(14-30(47)59)51-40(27)64)23(8-6-5-7-11-45)28(57)13-24(46)39(63)54-35(20(3)29(58)17-56)43(67)55-36(33)42(66)49-16-32(61)53-34;2*1-2/h9-10,12,19-20,24,26-29,34-36,52,56-58H,4-8,11,13-18,45-46H2,1-3H3,(H2,47,59)(H,48,65)(H,49,66)(H,50,60)(H,51,64)(H,53,61)(H,54,63)(H,55,67);1-2H3;2H,1H3/b38-23+;;/t19?,20-,24?,26?,27-,28+,29?,34?,35?,36?;;/m0../s1. The number of hydrogen-bond acceptors (Lipinski definition) is 17. The van der Waals surface area contributed by atoms with Gasteiger partial charge in [-0.2, -0.15) is 0 Å². The van der Waals surface area contributed by atoms with Crippen molar-refractivity contribution in [1.29, 1.82) is 0 Å². The summed E-state index contributed by atoms with van der Waals surface area (Å²) >= 11 is 0.874. The van der Waals surface area contributed by atoms with Crippen LogP contribution in [0.2, 0.25) is 0 Å². The summed E-state index contributed by atoms with van der Waals surface area (Å²) in [5, 5.41) is 57.9. The second kappa shape index (κ2) is 29.5. The molecule has 1 aromatic carbocycles. The van der Waals surface area contributed by atoms with Crippen LogP contribution in [0.5, 0.6) is 5.75 Å². The number of aromatic nitrogens is 1. The molecule has 18 N–H and O–H groups in total. The molecule has 0 aliphatic carbocycles. The zero-order valence-electron chi connectivity index (χ0n) is 42.0. The van der Waals surface area contributed by atoms with Crippen LogP contribution in [-0.2, 0) is 43.2 Å². The maximum Gasteiger partial charge on any atom is 0.247 e. The fraction of sp³-hybridized carbons (Fsp3) is 0.596. The highest BCUT2D eigenvalue weighted by Crippen LogP contribution is 2.38. The van der Waals surface area contributed by atoms with Gasteiger partial charge in [-0.3, -0.25) is 43.2 Å². The highest BCUT2D eigenvalue weighted by molar-refractivity contribution is 7.99. The van der Waals surface area contributed by atoms with Crippen molar-refractivity contribution in [2.24, 2.45) is 29.0 Å². The molecule has 4 heterocycles. The molecule has 0 saturated carbocycles. The highest BCUT2D eigenvalue weighted by atomic mass is 32.2. The Morgan fingerprint density at radius 1 is 0.849 bits per heavy atom. The minimum absolute atomic E-state index is 0.0273. The molecule has 7 unspecified atom stereocenters. The molecule has 406 valence electrons. The van der Waals surface area contributed by atoms with Gasteiger partial charge in [0.05, 0.1) is 54.9 Å². The number of amides is 8. The first-order valence-electron chi connectivity index (χ1n) is 24.2. The number of carbonyl (C=O) groups excluding carboxylic acids is 9. The topological polar surface area (TPSA) is 422 Å². The van der Waals surface area contributed by atoms with E-state index >= 15 is 0 Å². The molecule has 73 heavy (non-hydrogen) atoms. The van der Waals surface area contributed by atoms with Gasteiger partial charge in [-0.15, -0.1) is 11.8 Å². The molecule has 6 bridgehead atoms. The number of ketones is 1. The Morgan fingerprint density at radius 2 is 1.51 bits per heavy atom. The van der Waals surface area contributed by atoms with Crippen molar-refractivity contribution in [2.45, 2.75) is 133 Å². The lowest BCUT2D eigenvalue weighted by atomic mass is 9.91. The number of unbranched alkanes of at least 4 members (excludes halogenated alkanes) is 2. The number of rotatable bonds is 12. The minimum Gasteiger partial charge on any atom is -0.453 e. The number of Topliss-reactive ketones (excluding diaryl/α,β-unsaturated/α-hetero) is 1. The number of carbonyl (C=O) groups is 9. The number of ether oxygens (including phenoxy) is 1. The van der Waals surface area contributed by atoms with Crippen molar-refractivity contribution in [3.63, 3.8) is 0 Å². The number of nitrogens with one attached hydrogen (secondary N) is 8. The Balaban J connectivity index is 0.00000343. The molecule has 25 nitrogen and oxygen atoms in total. The van der Waals surface area contributed by atoms with Gasteiger partial charge >= 0.3 is 0 Å². The molecule has 0 saturated heterocycles. The van der Waals surface area contributed by atoms with Gasteiger partial charge in [0.1, 0.15) is 36.0 Å². The van der Waals surface area contributed by atoms with E-state index in [2.05, 4.69) is 42.2 Å². The van der Waals surface area contributed by atoms with E-state index in [1.165, 1.54) is 25.1 Å². The van der Waals surface area contributed by atoms with Gasteiger partial charge in [0, 0.05) is 47.8 Å². The van der Waals surface area contributed by atoms with Gasteiger partial charge in [0.2, 0.25) is 53.0 Å². The molecular formula is C47H73N11O14S. The van der Waals surface area contributed by atoms with Crippen LogP contribution in [0.1, 0.15) is 91.2 Å². The summed E-state index contributed by atoms with van der Waals surface area (Å²) in [6.07, 6.45) is -3.07. The van der Waals surface area contributed by atoms with E-state index in [-0.39, 0.29) is 45.0 Å². The van der Waals surface area contributed by atoms with Gasteiger partial charge in [-0.25, -0.2) is 0 Å². The molecule has 10 atom stereocenters. The van der Waals surface area contributed by atoms with E-state index in [0.717, 1.165) is 18.9 Å². The number of aromatic amines is 1. The smallest absolute Gasteiger partial charge is 0.247 e. The molecule has 3 aliphatic heterocycles. The maximum absolute atomic E-state index is 15.0. The number of H-pyrrole nitrogens is 1. The van der Waals surface area contributed by atoms with Crippen LogP contribution in [0, 0.1) is 11.8 Å². The van der Waals surface area contributed by atoms with Crippen LogP contribution in [0.3, 0.4) is 0 Å². The first kappa shape index (κ1) is 61.1. The third kappa shape index (κ3) is 16.4. The normalized spacial score (nSPS) is 25.9. The molecule has 26 heteroatoms. The minimum atomic E-state index is -1.77. The molecule has 8 amide bonds. The van der Waals surface area contributed by atoms with E-state index < -0.39 is 152 Å². The van der Waals surface area contributed by atoms with Crippen LogP contribution >= 0.6 is 11.8 Å². The van der Waals surface area contributed by atoms with Crippen LogP contribution in [0.25, 0.3) is 10.9 Å². The third-order valence-electron chi connectivity index (χ3n) is 12.4. The predicted octanol–water partition coefficient (Wildman–Crippen LogP) is -3.03. The van der Waals surface area contributed by atoms with Crippen molar-refractivity contribution in [2.75, 3.05) is 39.1 Å².